The number of rotatable bonds is 7. The van der Waals surface area contributed by atoms with E-state index in [0.717, 1.165) is 12.0 Å². The average Bonchev–Trinajstić information content (AvgIpc) is 2.76. The fraction of sp³-hybridized carbons (Fsp3) is 0.333. The van der Waals surface area contributed by atoms with Crippen LogP contribution in [0, 0.1) is 10.1 Å². The van der Waals surface area contributed by atoms with Crippen LogP contribution in [0.5, 0.6) is 5.75 Å². The Morgan fingerprint density at radius 1 is 1.20 bits per heavy atom. The van der Waals surface area contributed by atoms with Gasteiger partial charge in [0.1, 0.15) is 17.5 Å². The summed E-state index contributed by atoms with van der Waals surface area (Å²) in [7, 11) is 2.66. The van der Waals surface area contributed by atoms with E-state index in [1.807, 2.05) is 29.2 Å². The molecule has 3 rings (SSSR count). The minimum Gasteiger partial charge on any atom is -0.496 e. The molecule has 0 saturated carbocycles. The second-order valence-electron chi connectivity index (χ2n) is 6.91. The van der Waals surface area contributed by atoms with E-state index in [9.17, 15) is 19.7 Å². The van der Waals surface area contributed by atoms with Gasteiger partial charge in [-0.25, -0.2) is 0 Å². The molecule has 9 nitrogen and oxygen atoms in total. The predicted molar refractivity (Wildman–Crippen MR) is 109 cm³/mol. The number of hydrogen-bond donors (Lipinski definition) is 1. The molecule has 1 aliphatic heterocycles. The largest absolute Gasteiger partial charge is 0.496 e. The molecule has 0 bridgehead atoms. The molecule has 0 aliphatic carbocycles. The lowest BCUT2D eigenvalue weighted by Crippen LogP contribution is -2.47. The summed E-state index contributed by atoms with van der Waals surface area (Å²) < 4.78 is 9.78. The van der Waals surface area contributed by atoms with Crippen molar-refractivity contribution in [2.75, 3.05) is 26.1 Å². The lowest BCUT2D eigenvalue weighted by Gasteiger charge is -2.34. The van der Waals surface area contributed by atoms with E-state index >= 15 is 0 Å². The Morgan fingerprint density at radius 3 is 2.60 bits per heavy atom. The number of esters is 1. The Balaban J connectivity index is 1.85. The summed E-state index contributed by atoms with van der Waals surface area (Å²) in [6.45, 7) is 1.08. The summed E-state index contributed by atoms with van der Waals surface area (Å²) in [6.07, 6.45) is 0.582. The zero-order valence-electron chi connectivity index (χ0n) is 16.8. The number of ether oxygens (including phenoxy) is 2. The number of nitrogens with one attached hydrogen (secondary N) is 1. The van der Waals surface area contributed by atoms with Crippen LogP contribution in [0.2, 0.25) is 0 Å². The summed E-state index contributed by atoms with van der Waals surface area (Å²) in [6, 6.07) is 11.3. The van der Waals surface area contributed by atoms with Crippen molar-refractivity contribution < 1.29 is 24.0 Å². The van der Waals surface area contributed by atoms with Gasteiger partial charge in [-0.1, -0.05) is 24.3 Å². The standard InChI is InChI=1S/C21H23N3O6/c1-29-16-7-8-17(18(11-16)24(27)28)22-21(26)19(12-20(25)30-2)23-10-9-14-5-3-4-6-15(14)13-23/h3-8,11,19H,9-10,12-13H2,1-2H3,(H,22,26). The van der Waals surface area contributed by atoms with E-state index in [1.165, 1.54) is 38.0 Å². The molecule has 9 heteroatoms. The summed E-state index contributed by atoms with van der Waals surface area (Å²) in [5, 5.41) is 14.0. The molecular weight excluding hydrogens is 390 g/mol. The van der Waals surface area contributed by atoms with Crippen LogP contribution in [0.25, 0.3) is 0 Å². The van der Waals surface area contributed by atoms with Gasteiger partial charge in [0.15, 0.2) is 0 Å². The topological polar surface area (TPSA) is 111 Å². The molecule has 0 spiro atoms. The highest BCUT2D eigenvalue weighted by atomic mass is 16.6. The number of nitro groups is 1. The predicted octanol–water partition coefficient (Wildman–Crippen LogP) is 2.53. The molecule has 30 heavy (non-hydrogen) atoms. The van der Waals surface area contributed by atoms with Gasteiger partial charge in [-0.3, -0.25) is 24.6 Å². The van der Waals surface area contributed by atoms with Crippen LogP contribution in [0.15, 0.2) is 42.5 Å². The van der Waals surface area contributed by atoms with Gasteiger partial charge in [-0.05, 0) is 29.7 Å². The molecule has 1 atom stereocenters. The maximum Gasteiger partial charge on any atom is 0.307 e. The Labute approximate surface area is 173 Å². The summed E-state index contributed by atoms with van der Waals surface area (Å²) in [5.74, 6) is -0.732. The van der Waals surface area contributed by atoms with Crippen molar-refractivity contribution in [2.24, 2.45) is 0 Å². The molecule has 0 radical (unpaired) electrons. The fourth-order valence-corrected chi connectivity index (χ4v) is 3.52. The first kappa shape index (κ1) is 21.3. The lowest BCUT2D eigenvalue weighted by molar-refractivity contribution is -0.384. The molecule has 0 aromatic heterocycles. The Hall–Kier alpha value is -3.46. The number of methoxy groups -OCH3 is 2. The highest BCUT2D eigenvalue weighted by Gasteiger charge is 2.32. The summed E-state index contributed by atoms with van der Waals surface area (Å²) in [4.78, 5) is 37.8. The normalized spacial score (nSPS) is 14.3. The van der Waals surface area contributed by atoms with E-state index in [4.69, 9.17) is 9.47 Å². The SMILES string of the molecule is COC(=O)CC(C(=O)Nc1ccc(OC)cc1[N+](=O)[O-])N1CCc2ccccc2C1. The third kappa shape index (κ3) is 4.74. The van der Waals surface area contributed by atoms with Crippen LogP contribution in [-0.2, 0) is 27.3 Å². The minimum absolute atomic E-state index is 0.0399. The van der Waals surface area contributed by atoms with E-state index in [-0.39, 0.29) is 17.8 Å². The van der Waals surface area contributed by atoms with Gasteiger partial charge in [0, 0.05) is 13.1 Å². The Bertz CT molecular complexity index is 962. The molecule has 2 aromatic rings. The van der Waals surface area contributed by atoms with Gasteiger partial charge in [0.25, 0.3) is 5.69 Å². The third-order valence-corrected chi connectivity index (χ3v) is 5.15. The molecule has 1 heterocycles. The third-order valence-electron chi connectivity index (χ3n) is 5.15. The number of carbonyl (C=O) groups excluding carboxylic acids is 2. The van der Waals surface area contributed by atoms with Crippen LogP contribution < -0.4 is 10.1 Å². The van der Waals surface area contributed by atoms with Crippen molar-refractivity contribution in [2.45, 2.75) is 25.4 Å². The van der Waals surface area contributed by atoms with Crippen LogP contribution in [0.1, 0.15) is 17.5 Å². The van der Waals surface area contributed by atoms with Gasteiger partial charge < -0.3 is 14.8 Å². The second-order valence-corrected chi connectivity index (χ2v) is 6.91. The number of nitro benzene ring substituents is 1. The number of nitrogens with zero attached hydrogens (tertiary/aromatic N) is 2. The average molecular weight is 413 g/mol. The number of carbonyl (C=O) groups is 2. The Morgan fingerprint density at radius 2 is 1.93 bits per heavy atom. The molecule has 158 valence electrons. The van der Waals surface area contributed by atoms with Gasteiger partial charge in [0.2, 0.25) is 5.91 Å². The van der Waals surface area contributed by atoms with E-state index in [2.05, 4.69) is 5.32 Å². The summed E-state index contributed by atoms with van der Waals surface area (Å²) >= 11 is 0. The van der Waals surface area contributed by atoms with Gasteiger partial charge >= 0.3 is 5.97 Å². The fourth-order valence-electron chi connectivity index (χ4n) is 3.52. The molecule has 1 amide bonds. The summed E-state index contributed by atoms with van der Waals surface area (Å²) in [5.41, 5.74) is 2.04. The maximum absolute atomic E-state index is 13.1. The number of benzene rings is 2. The monoisotopic (exact) mass is 413 g/mol. The minimum atomic E-state index is -0.826. The van der Waals surface area contributed by atoms with Crippen LogP contribution in [-0.4, -0.2) is 48.5 Å². The number of fused-ring (bicyclic) bond motifs is 1. The molecule has 2 aromatic carbocycles. The van der Waals surface area contributed by atoms with Crippen LogP contribution in [0.3, 0.4) is 0 Å². The van der Waals surface area contributed by atoms with Crippen molar-refractivity contribution in [3.63, 3.8) is 0 Å². The van der Waals surface area contributed by atoms with E-state index in [0.29, 0.717) is 18.8 Å². The quantitative estimate of drug-likeness (QED) is 0.422. The van der Waals surface area contributed by atoms with Gasteiger partial charge in [0.05, 0.1) is 31.6 Å². The maximum atomic E-state index is 13.1. The van der Waals surface area contributed by atoms with E-state index < -0.39 is 22.8 Å². The Kier molecular flexibility index (Phi) is 6.63. The molecular formula is C21H23N3O6. The highest BCUT2D eigenvalue weighted by molar-refractivity contribution is 5.98. The highest BCUT2D eigenvalue weighted by Crippen LogP contribution is 2.30. The van der Waals surface area contributed by atoms with Crippen molar-refractivity contribution >= 4 is 23.3 Å². The second kappa shape index (κ2) is 9.36. The van der Waals surface area contributed by atoms with Crippen molar-refractivity contribution in [1.82, 2.24) is 4.90 Å². The molecule has 1 aliphatic rings. The molecule has 1 N–H and O–H groups in total. The lowest BCUT2D eigenvalue weighted by atomic mass is 9.97. The van der Waals surface area contributed by atoms with Crippen LogP contribution >= 0.6 is 0 Å². The molecule has 0 saturated heterocycles. The molecule has 1 unspecified atom stereocenters. The number of hydrogen-bond acceptors (Lipinski definition) is 7. The van der Waals surface area contributed by atoms with Gasteiger partial charge in [-0.2, -0.15) is 0 Å². The van der Waals surface area contributed by atoms with Crippen molar-refractivity contribution in [3.8, 4) is 5.75 Å². The van der Waals surface area contributed by atoms with Crippen molar-refractivity contribution in [1.29, 1.82) is 0 Å². The first-order chi connectivity index (χ1) is 14.4. The zero-order valence-corrected chi connectivity index (χ0v) is 16.8. The first-order valence-electron chi connectivity index (χ1n) is 9.44. The number of anilines is 1. The van der Waals surface area contributed by atoms with Gasteiger partial charge in [-0.15, -0.1) is 0 Å². The van der Waals surface area contributed by atoms with Crippen LogP contribution in [0.4, 0.5) is 11.4 Å². The zero-order chi connectivity index (χ0) is 21.7. The molecule has 0 fully saturated rings. The van der Waals surface area contributed by atoms with E-state index in [1.54, 1.807) is 0 Å². The van der Waals surface area contributed by atoms with Crippen molar-refractivity contribution in [3.05, 3.63) is 63.7 Å². The smallest absolute Gasteiger partial charge is 0.307 e. The number of amides is 1. The first-order valence-corrected chi connectivity index (χ1v) is 9.44.